The van der Waals surface area contributed by atoms with Gasteiger partial charge in [-0.2, -0.15) is 5.26 Å². The van der Waals surface area contributed by atoms with Crippen LogP contribution in [0.1, 0.15) is 5.56 Å². The van der Waals surface area contributed by atoms with Crippen LogP contribution >= 0.6 is 11.8 Å². The Balaban J connectivity index is 1.10. The van der Waals surface area contributed by atoms with Gasteiger partial charge in [-0.1, -0.05) is 188 Å². The van der Waals surface area contributed by atoms with Crippen molar-refractivity contribution in [2.24, 2.45) is 0 Å². The average molecular weight is 823 g/mol. The lowest BCUT2D eigenvalue weighted by Gasteiger charge is -2.37. The molecule has 0 saturated heterocycles. The number of hydrogen-bond acceptors (Lipinski definition) is 5. The first kappa shape index (κ1) is 36.2. The summed E-state index contributed by atoms with van der Waals surface area (Å²) in [5.74, 6) is 1.81. The number of hydrogen-bond donors (Lipinski definition) is 0. The van der Waals surface area contributed by atoms with Crippen LogP contribution in [0, 0.1) is 11.3 Å². The molecule has 0 N–H and O–H groups in total. The van der Waals surface area contributed by atoms with Gasteiger partial charge in [-0.15, -0.1) is 0 Å². The van der Waals surface area contributed by atoms with Crippen molar-refractivity contribution in [2.75, 3.05) is 0 Å². The Morgan fingerprint density at radius 2 is 0.968 bits per heavy atom. The van der Waals surface area contributed by atoms with Crippen LogP contribution in [0.15, 0.2) is 216 Å². The molecule has 0 aliphatic carbocycles. The van der Waals surface area contributed by atoms with Crippen LogP contribution in [0.25, 0.3) is 78.3 Å². The second-order valence-electron chi connectivity index (χ2n) is 15.8. The second kappa shape index (κ2) is 14.5. The molecule has 0 amide bonds. The van der Waals surface area contributed by atoms with Crippen LogP contribution in [-0.2, 0) is 0 Å². The Hall–Kier alpha value is -7.69. The minimum Gasteiger partial charge on any atom is -0.208 e. The van der Waals surface area contributed by atoms with E-state index >= 15 is 0 Å². The number of nitriles is 1. The number of aromatic nitrogens is 3. The quantitative estimate of drug-likeness (QED) is 0.162. The van der Waals surface area contributed by atoms with Gasteiger partial charge in [-0.25, -0.2) is 15.0 Å². The normalized spacial score (nSPS) is 12.9. The fraction of sp³-hybridized carbons (Fsp3) is 0. The molecule has 0 bridgehead atoms. The Morgan fingerprint density at radius 1 is 0.387 bits per heavy atom. The molecule has 6 heteroatoms. The highest BCUT2D eigenvalue weighted by Crippen LogP contribution is 2.42. The fourth-order valence-corrected chi connectivity index (χ4v) is 17.1. The summed E-state index contributed by atoms with van der Waals surface area (Å²) in [5.41, 5.74) is 10.3. The van der Waals surface area contributed by atoms with Crippen molar-refractivity contribution in [1.82, 2.24) is 15.0 Å². The molecule has 12 rings (SSSR count). The topological polar surface area (TPSA) is 62.5 Å². The number of fused-ring (bicyclic) bond motifs is 10. The third-order valence-corrected chi connectivity index (χ3v) is 18.9. The van der Waals surface area contributed by atoms with Gasteiger partial charge >= 0.3 is 0 Å². The van der Waals surface area contributed by atoms with E-state index in [1.165, 1.54) is 41.7 Å². The highest BCUT2D eigenvalue weighted by atomic mass is 32.2. The van der Waals surface area contributed by atoms with Crippen LogP contribution in [0.4, 0.5) is 0 Å². The summed E-state index contributed by atoms with van der Waals surface area (Å²) >= 11 is 1.89. The summed E-state index contributed by atoms with van der Waals surface area (Å²) in [6, 6.07) is 75.9. The zero-order chi connectivity index (χ0) is 41.2. The van der Waals surface area contributed by atoms with Crippen molar-refractivity contribution >= 4 is 51.4 Å². The molecule has 0 saturated carbocycles. The van der Waals surface area contributed by atoms with Crippen LogP contribution in [0.5, 0.6) is 0 Å². The maximum atomic E-state index is 9.43. The van der Waals surface area contributed by atoms with Gasteiger partial charge in [0.15, 0.2) is 25.5 Å². The molecule has 2 aliphatic heterocycles. The van der Waals surface area contributed by atoms with Gasteiger partial charge < -0.3 is 0 Å². The molecule has 2 aliphatic rings. The molecule has 4 nitrogen and oxygen atoms in total. The largest absolute Gasteiger partial charge is 0.208 e. The monoisotopic (exact) mass is 822 g/mol. The second-order valence-corrected chi connectivity index (χ2v) is 20.5. The fourth-order valence-electron chi connectivity index (χ4n) is 9.68. The number of nitrogens with zero attached hydrogens (tertiary/aromatic N) is 4. The van der Waals surface area contributed by atoms with Gasteiger partial charge in [0.2, 0.25) is 0 Å². The van der Waals surface area contributed by atoms with E-state index in [0.29, 0.717) is 23.0 Å². The lowest BCUT2D eigenvalue weighted by Crippen LogP contribution is -2.74. The highest BCUT2D eigenvalue weighted by molar-refractivity contribution is 8.00. The third kappa shape index (κ3) is 5.64. The van der Waals surface area contributed by atoms with Gasteiger partial charge in [0.05, 0.1) is 11.6 Å². The molecule has 62 heavy (non-hydrogen) atoms. The van der Waals surface area contributed by atoms with Crippen LogP contribution in [0.3, 0.4) is 0 Å². The first-order valence-corrected chi connectivity index (χ1v) is 23.6. The molecule has 0 atom stereocenters. The van der Waals surface area contributed by atoms with E-state index in [1.54, 1.807) is 0 Å². The Kier molecular flexibility index (Phi) is 8.46. The van der Waals surface area contributed by atoms with E-state index in [9.17, 15) is 5.26 Å². The summed E-state index contributed by atoms with van der Waals surface area (Å²) in [6.07, 6.45) is 0. The minimum absolute atomic E-state index is 0.590. The van der Waals surface area contributed by atoms with Gasteiger partial charge in [-0.05, 0) is 95.2 Å². The zero-order valence-corrected chi connectivity index (χ0v) is 35.1. The van der Waals surface area contributed by atoms with Crippen molar-refractivity contribution in [1.29, 1.82) is 5.26 Å². The lowest BCUT2D eigenvalue weighted by atomic mass is 9.92. The van der Waals surface area contributed by atoms with Crippen LogP contribution in [0.2, 0.25) is 0 Å². The third-order valence-electron chi connectivity index (χ3n) is 12.4. The van der Waals surface area contributed by atoms with Crippen molar-refractivity contribution in [2.45, 2.75) is 9.79 Å². The molecular formula is C56H34N4SSi. The molecule has 0 fully saturated rings. The van der Waals surface area contributed by atoms with E-state index in [1.807, 2.05) is 60.3 Å². The van der Waals surface area contributed by atoms with Crippen molar-refractivity contribution in [3.63, 3.8) is 0 Å². The van der Waals surface area contributed by atoms with Crippen molar-refractivity contribution in [3.8, 4) is 73.6 Å². The molecule has 288 valence electrons. The predicted molar refractivity (Wildman–Crippen MR) is 256 cm³/mol. The summed E-state index contributed by atoms with van der Waals surface area (Å²) in [4.78, 5) is 18.6. The standard InChI is InChI=1S/C56H34N4SSi/c57-35-36-25-27-37(28-26-36)40-16-12-17-42(33-40)55-58-54(39-14-2-1-3-15-39)59-56(60-55)53-43-18-5-4-13-38(43)29-31-44(53)41-30-32-46-45-19-6-9-22-49(45)62(52(46)34-41)50-23-10-7-20-47(50)61-48-21-8-11-24-51(48)62/h1-34H. The SMILES string of the molecule is N#Cc1ccc(-c2cccc(-c3nc(-c4ccccc4)nc(-c4c(-c5ccc6c(c5)[Si]5(c7ccccc7Sc7ccccc75)c5ccccc5-6)ccc5ccccc45)n3)c2)cc1. The van der Waals surface area contributed by atoms with Crippen LogP contribution in [-0.4, -0.2) is 23.0 Å². The number of benzene rings is 9. The maximum absolute atomic E-state index is 9.43. The average Bonchev–Trinajstić information content (AvgIpc) is 3.63. The Bertz CT molecular complexity index is 3420. The smallest absolute Gasteiger partial charge is 0.183 e. The van der Waals surface area contributed by atoms with E-state index in [4.69, 9.17) is 15.0 Å². The number of rotatable bonds is 5. The summed E-state index contributed by atoms with van der Waals surface area (Å²) in [7, 11) is -2.74. The zero-order valence-electron chi connectivity index (χ0n) is 33.3. The van der Waals surface area contributed by atoms with Gasteiger partial charge in [0, 0.05) is 26.5 Å². The Labute approximate surface area is 364 Å². The van der Waals surface area contributed by atoms with E-state index in [0.717, 1.165) is 49.7 Å². The van der Waals surface area contributed by atoms with Crippen molar-refractivity contribution < 1.29 is 0 Å². The maximum Gasteiger partial charge on any atom is 0.183 e. The summed E-state index contributed by atoms with van der Waals surface area (Å²) in [6.45, 7) is 0. The Morgan fingerprint density at radius 3 is 1.74 bits per heavy atom. The molecule has 1 spiro atoms. The molecule has 10 aromatic rings. The summed E-state index contributed by atoms with van der Waals surface area (Å²) < 4.78 is 0. The molecule has 9 aromatic carbocycles. The molecule has 0 unspecified atom stereocenters. The predicted octanol–water partition coefficient (Wildman–Crippen LogP) is 11.1. The molecule has 1 aromatic heterocycles. The first-order chi connectivity index (χ1) is 30.7. The first-order valence-electron chi connectivity index (χ1n) is 20.7. The van der Waals surface area contributed by atoms with Gasteiger partial charge in [0.1, 0.15) is 0 Å². The van der Waals surface area contributed by atoms with Gasteiger partial charge in [-0.3, -0.25) is 0 Å². The van der Waals surface area contributed by atoms with Crippen molar-refractivity contribution in [3.05, 3.63) is 212 Å². The highest BCUT2D eigenvalue weighted by Gasteiger charge is 2.52. The molecular weight excluding hydrogens is 789 g/mol. The molecule has 0 radical (unpaired) electrons. The van der Waals surface area contributed by atoms with E-state index in [2.05, 4.69) is 164 Å². The van der Waals surface area contributed by atoms with E-state index < -0.39 is 8.07 Å². The lowest BCUT2D eigenvalue weighted by molar-refractivity contribution is 1.08. The summed E-state index contributed by atoms with van der Waals surface area (Å²) in [5, 5.41) is 17.4. The van der Waals surface area contributed by atoms with Crippen LogP contribution < -0.4 is 20.7 Å². The van der Waals surface area contributed by atoms with Gasteiger partial charge in [0.25, 0.3) is 0 Å². The van der Waals surface area contributed by atoms with E-state index in [-0.39, 0.29) is 0 Å². The molecule has 3 heterocycles. The minimum atomic E-state index is -2.74.